The third-order valence-corrected chi connectivity index (χ3v) is 5.87. The largest absolute Gasteiger partial charge is 0.362 e. The number of nitro benzene ring substituents is 1. The fraction of sp³-hybridized carbons (Fsp3) is 0.227. The molecule has 2 N–H and O–H groups in total. The Labute approximate surface area is 186 Å². The molecule has 9 heteroatoms. The maximum Gasteiger partial charge on any atom is 0.269 e. The van der Waals surface area contributed by atoms with Gasteiger partial charge in [0.2, 0.25) is 0 Å². The highest BCUT2D eigenvalue weighted by Crippen LogP contribution is 2.43. The minimum Gasteiger partial charge on any atom is -0.362 e. The number of pyridine rings is 1. The predicted molar refractivity (Wildman–Crippen MR) is 118 cm³/mol. The van der Waals surface area contributed by atoms with Gasteiger partial charge in [0.15, 0.2) is 5.78 Å². The number of rotatable bonds is 4. The number of Topliss-reactive ketones (excluding diaryl/α,β-unsaturated/α-hetero) is 1. The van der Waals surface area contributed by atoms with Crippen LogP contribution in [-0.2, 0) is 9.59 Å². The van der Waals surface area contributed by atoms with Crippen LogP contribution in [0.2, 0.25) is 0 Å². The van der Waals surface area contributed by atoms with Gasteiger partial charge in [-0.15, -0.1) is 0 Å². The van der Waals surface area contributed by atoms with Crippen molar-refractivity contribution in [1.29, 1.82) is 0 Å². The second-order valence-corrected chi connectivity index (χ2v) is 8.35. The van der Waals surface area contributed by atoms with Crippen molar-refractivity contribution in [3.05, 3.63) is 85.3 Å². The Kier molecular flexibility index (Phi) is 5.69. The van der Waals surface area contributed by atoms with E-state index in [4.69, 9.17) is 0 Å². The number of nitro groups is 1. The molecule has 158 valence electrons. The van der Waals surface area contributed by atoms with Crippen LogP contribution < -0.4 is 10.6 Å². The van der Waals surface area contributed by atoms with Crippen LogP contribution in [0.1, 0.15) is 37.7 Å². The molecule has 0 saturated carbocycles. The molecule has 2 aromatic rings. The number of hydrogen-bond donors (Lipinski definition) is 2. The van der Waals surface area contributed by atoms with Gasteiger partial charge in [0, 0.05) is 57.7 Å². The standard InChI is InChI=1S/C22H19BrN4O4/c1-12-19(22(29)26-18-9-8-14(23)11-24-18)20(13-4-2-5-15(10-13)27(30)31)21-16(25-12)6-3-7-17(21)28/h2,4-5,8-11,20,25H,3,6-7H2,1H3,(H,24,26,29). The molecule has 4 rings (SSSR count). The Balaban J connectivity index is 1.80. The summed E-state index contributed by atoms with van der Waals surface area (Å²) in [6, 6.07) is 9.53. The Morgan fingerprint density at radius 1 is 1.29 bits per heavy atom. The van der Waals surface area contributed by atoms with Crippen molar-refractivity contribution in [1.82, 2.24) is 10.3 Å². The van der Waals surface area contributed by atoms with Crippen molar-refractivity contribution < 1.29 is 14.5 Å². The molecule has 0 fully saturated rings. The lowest BCUT2D eigenvalue weighted by atomic mass is 9.75. The third-order valence-electron chi connectivity index (χ3n) is 5.40. The van der Waals surface area contributed by atoms with E-state index in [9.17, 15) is 19.7 Å². The highest BCUT2D eigenvalue weighted by atomic mass is 79.9. The van der Waals surface area contributed by atoms with Crippen LogP contribution in [0, 0.1) is 10.1 Å². The quantitative estimate of drug-likeness (QED) is 0.494. The van der Waals surface area contributed by atoms with E-state index in [-0.39, 0.29) is 11.5 Å². The molecule has 1 unspecified atom stereocenters. The molecule has 2 aliphatic rings. The van der Waals surface area contributed by atoms with Gasteiger partial charge in [-0.25, -0.2) is 4.98 Å². The van der Waals surface area contributed by atoms with Gasteiger partial charge in [-0.1, -0.05) is 12.1 Å². The molecule has 31 heavy (non-hydrogen) atoms. The van der Waals surface area contributed by atoms with Crippen LogP contribution in [0.3, 0.4) is 0 Å². The summed E-state index contributed by atoms with van der Waals surface area (Å²) in [6.45, 7) is 1.77. The lowest BCUT2D eigenvalue weighted by molar-refractivity contribution is -0.384. The van der Waals surface area contributed by atoms with E-state index in [2.05, 4.69) is 31.5 Å². The molecule has 0 bridgehead atoms. The zero-order valence-corrected chi connectivity index (χ0v) is 18.2. The van der Waals surface area contributed by atoms with Crippen molar-refractivity contribution in [2.45, 2.75) is 32.1 Å². The van der Waals surface area contributed by atoms with E-state index in [1.54, 1.807) is 37.4 Å². The molecule has 1 atom stereocenters. The summed E-state index contributed by atoms with van der Waals surface area (Å²) in [5.74, 6) is -0.800. The molecule has 8 nitrogen and oxygen atoms in total. The monoisotopic (exact) mass is 482 g/mol. The van der Waals surface area contributed by atoms with E-state index in [0.717, 1.165) is 16.6 Å². The minimum atomic E-state index is -0.695. The van der Waals surface area contributed by atoms with Crippen LogP contribution >= 0.6 is 15.9 Å². The maximum absolute atomic E-state index is 13.3. The number of ketones is 1. The number of nitrogens with one attached hydrogen (secondary N) is 2. The van der Waals surface area contributed by atoms with Gasteiger partial charge in [-0.3, -0.25) is 19.7 Å². The smallest absolute Gasteiger partial charge is 0.269 e. The SMILES string of the molecule is CC1=C(C(=O)Nc2ccc(Br)cn2)C(c2cccc([N+](=O)[O-])c2)C2=C(CCCC2=O)N1. The summed E-state index contributed by atoms with van der Waals surface area (Å²) in [5.41, 5.74) is 2.69. The number of hydrogen-bond acceptors (Lipinski definition) is 6. The van der Waals surface area contributed by atoms with E-state index in [1.807, 2.05) is 0 Å². The highest BCUT2D eigenvalue weighted by molar-refractivity contribution is 9.10. The number of aromatic nitrogens is 1. The van der Waals surface area contributed by atoms with E-state index >= 15 is 0 Å². The van der Waals surface area contributed by atoms with Crippen LogP contribution in [-0.4, -0.2) is 21.6 Å². The average molecular weight is 483 g/mol. The molecule has 0 saturated heterocycles. The lowest BCUT2D eigenvalue weighted by Crippen LogP contribution is -2.35. The summed E-state index contributed by atoms with van der Waals surface area (Å²) in [6.07, 6.45) is 3.37. The van der Waals surface area contributed by atoms with Crippen molar-refractivity contribution in [3.8, 4) is 0 Å². The number of allylic oxidation sites excluding steroid dienone is 3. The van der Waals surface area contributed by atoms with Crippen molar-refractivity contribution in [2.24, 2.45) is 0 Å². The molecular formula is C22H19BrN4O4. The number of anilines is 1. The number of carbonyl (C=O) groups excluding carboxylic acids is 2. The van der Waals surface area contributed by atoms with Gasteiger partial charge in [0.1, 0.15) is 5.82 Å². The summed E-state index contributed by atoms with van der Waals surface area (Å²) >= 11 is 3.31. The average Bonchev–Trinajstić information content (AvgIpc) is 2.74. The number of nitrogens with zero attached hydrogens (tertiary/aromatic N) is 2. The van der Waals surface area contributed by atoms with Gasteiger partial charge in [0.25, 0.3) is 11.6 Å². The fourth-order valence-electron chi connectivity index (χ4n) is 4.07. The van der Waals surface area contributed by atoms with Crippen LogP contribution in [0.5, 0.6) is 0 Å². The van der Waals surface area contributed by atoms with Crippen LogP contribution in [0.15, 0.2) is 69.6 Å². The molecule has 1 aliphatic heterocycles. The molecule has 1 aromatic heterocycles. The summed E-state index contributed by atoms with van der Waals surface area (Å²) in [7, 11) is 0. The topological polar surface area (TPSA) is 114 Å². The summed E-state index contributed by atoms with van der Waals surface area (Å²) in [5, 5.41) is 17.4. The first kappa shape index (κ1) is 20.9. The molecule has 2 heterocycles. The Hall–Kier alpha value is -3.33. The highest BCUT2D eigenvalue weighted by Gasteiger charge is 2.38. The number of halogens is 1. The first-order valence-electron chi connectivity index (χ1n) is 9.76. The Bertz CT molecular complexity index is 1150. The Morgan fingerprint density at radius 2 is 2.10 bits per heavy atom. The van der Waals surface area contributed by atoms with Gasteiger partial charge in [0.05, 0.1) is 4.92 Å². The van der Waals surface area contributed by atoms with Gasteiger partial charge in [-0.05, 0) is 53.4 Å². The fourth-order valence-corrected chi connectivity index (χ4v) is 4.30. The van der Waals surface area contributed by atoms with Gasteiger partial charge >= 0.3 is 0 Å². The number of benzene rings is 1. The summed E-state index contributed by atoms with van der Waals surface area (Å²) in [4.78, 5) is 41.3. The number of amides is 1. The van der Waals surface area contributed by atoms with Gasteiger partial charge in [-0.2, -0.15) is 0 Å². The molecule has 0 radical (unpaired) electrons. The molecule has 1 amide bonds. The van der Waals surface area contributed by atoms with E-state index < -0.39 is 16.7 Å². The zero-order chi connectivity index (χ0) is 22.1. The molecular weight excluding hydrogens is 464 g/mol. The Morgan fingerprint density at radius 3 is 2.81 bits per heavy atom. The number of non-ortho nitro benzene ring substituents is 1. The number of dihydropyridines is 1. The van der Waals surface area contributed by atoms with E-state index in [1.165, 1.54) is 12.1 Å². The van der Waals surface area contributed by atoms with Crippen molar-refractivity contribution in [2.75, 3.05) is 5.32 Å². The van der Waals surface area contributed by atoms with Crippen LogP contribution in [0.4, 0.5) is 11.5 Å². The van der Waals surface area contributed by atoms with Crippen molar-refractivity contribution in [3.63, 3.8) is 0 Å². The van der Waals surface area contributed by atoms with Gasteiger partial charge < -0.3 is 10.6 Å². The second-order valence-electron chi connectivity index (χ2n) is 7.43. The van der Waals surface area contributed by atoms with E-state index in [0.29, 0.717) is 41.1 Å². The molecule has 0 spiro atoms. The van der Waals surface area contributed by atoms with Crippen LogP contribution in [0.25, 0.3) is 0 Å². The van der Waals surface area contributed by atoms with Crippen molar-refractivity contribution >= 4 is 39.1 Å². The second kappa shape index (κ2) is 8.43. The molecule has 1 aliphatic carbocycles. The lowest BCUT2D eigenvalue weighted by Gasteiger charge is -2.34. The summed E-state index contributed by atoms with van der Waals surface area (Å²) < 4.78 is 0.775. The predicted octanol–water partition coefficient (Wildman–Crippen LogP) is 4.36. The normalized spacial score (nSPS) is 18.4. The third kappa shape index (κ3) is 4.13. The zero-order valence-electron chi connectivity index (χ0n) is 16.6. The first-order valence-corrected chi connectivity index (χ1v) is 10.6. The first-order chi connectivity index (χ1) is 14.8. The number of carbonyl (C=O) groups is 2. The maximum atomic E-state index is 13.3. The minimum absolute atomic E-state index is 0.0511. The molecule has 1 aromatic carbocycles.